The summed E-state index contributed by atoms with van der Waals surface area (Å²) < 4.78 is 5.09. The fourth-order valence-corrected chi connectivity index (χ4v) is 0.987. The average Bonchev–Trinajstić information content (AvgIpc) is 1.88. The van der Waals surface area contributed by atoms with Gasteiger partial charge in [-0.25, -0.2) is 0 Å². The molecule has 0 unspecified atom stereocenters. The SMILES string of the molecule is OC[C@H]1C[C@H](O)CCO1. The number of ether oxygens (including phenoxy) is 1. The molecule has 0 aromatic carbocycles. The molecule has 9 heavy (non-hydrogen) atoms. The molecule has 0 saturated carbocycles. The van der Waals surface area contributed by atoms with Crippen molar-refractivity contribution in [3.05, 3.63) is 0 Å². The Morgan fingerprint density at radius 1 is 1.56 bits per heavy atom. The first-order chi connectivity index (χ1) is 4.33. The summed E-state index contributed by atoms with van der Waals surface area (Å²) in [7, 11) is 0. The highest BCUT2D eigenvalue weighted by molar-refractivity contribution is 4.68. The number of aliphatic hydroxyl groups excluding tert-OH is 2. The Kier molecular flexibility index (Phi) is 2.45. The first-order valence-corrected chi connectivity index (χ1v) is 3.23. The van der Waals surface area contributed by atoms with Crippen LogP contribution in [-0.4, -0.2) is 35.6 Å². The second-order valence-corrected chi connectivity index (χ2v) is 2.35. The summed E-state index contributed by atoms with van der Waals surface area (Å²) >= 11 is 0. The van der Waals surface area contributed by atoms with Gasteiger partial charge in [-0.2, -0.15) is 0 Å². The summed E-state index contributed by atoms with van der Waals surface area (Å²) in [6.07, 6.45) is 0.886. The molecule has 1 aliphatic heterocycles. The number of rotatable bonds is 1. The molecule has 0 spiro atoms. The molecular formula is C6H12O3. The minimum Gasteiger partial charge on any atom is -0.394 e. The second kappa shape index (κ2) is 3.15. The van der Waals surface area contributed by atoms with Gasteiger partial charge in [0.2, 0.25) is 0 Å². The molecule has 2 N–H and O–H groups in total. The molecular weight excluding hydrogens is 120 g/mol. The lowest BCUT2D eigenvalue weighted by molar-refractivity contribution is -0.0642. The predicted molar refractivity (Wildman–Crippen MR) is 32.1 cm³/mol. The first-order valence-electron chi connectivity index (χ1n) is 3.23. The molecule has 0 bridgehead atoms. The van der Waals surface area contributed by atoms with E-state index in [1.807, 2.05) is 0 Å². The van der Waals surface area contributed by atoms with Gasteiger partial charge >= 0.3 is 0 Å². The topological polar surface area (TPSA) is 49.7 Å². The molecule has 1 aliphatic rings. The molecule has 0 aromatic heterocycles. The van der Waals surface area contributed by atoms with Crippen molar-refractivity contribution in [2.45, 2.75) is 25.0 Å². The van der Waals surface area contributed by atoms with Gasteiger partial charge in [-0.15, -0.1) is 0 Å². The Labute approximate surface area is 54.3 Å². The van der Waals surface area contributed by atoms with Crippen LogP contribution in [0.5, 0.6) is 0 Å². The zero-order valence-corrected chi connectivity index (χ0v) is 5.29. The van der Waals surface area contributed by atoms with Crippen LogP contribution in [0.25, 0.3) is 0 Å². The predicted octanol–water partition coefficient (Wildman–Crippen LogP) is -0.481. The summed E-state index contributed by atoms with van der Waals surface area (Å²) in [6.45, 7) is 0.601. The maximum absolute atomic E-state index is 9.02. The average molecular weight is 132 g/mol. The van der Waals surface area contributed by atoms with Crippen LogP contribution in [-0.2, 0) is 4.74 Å². The zero-order chi connectivity index (χ0) is 6.69. The van der Waals surface area contributed by atoms with Crippen molar-refractivity contribution >= 4 is 0 Å². The normalized spacial score (nSPS) is 36.7. The van der Waals surface area contributed by atoms with Gasteiger partial charge in [0.05, 0.1) is 18.8 Å². The van der Waals surface area contributed by atoms with Gasteiger partial charge in [-0.05, 0) is 6.42 Å². The molecule has 0 aromatic rings. The lowest BCUT2D eigenvalue weighted by atomic mass is 10.1. The molecule has 1 fully saturated rings. The summed E-state index contributed by atoms with van der Waals surface area (Å²) in [4.78, 5) is 0. The summed E-state index contributed by atoms with van der Waals surface area (Å²) in [6, 6.07) is 0. The van der Waals surface area contributed by atoms with Crippen molar-refractivity contribution in [2.75, 3.05) is 13.2 Å². The van der Waals surface area contributed by atoms with E-state index in [0.717, 1.165) is 0 Å². The Balaban J connectivity index is 2.23. The van der Waals surface area contributed by atoms with Crippen molar-refractivity contribution < 1.29 is 14.9 Å². The van der Waals surface area contributed by atoms with Gasteiger partial charge in [-0.1, -0.05) is 0 Å². The minimum atomic E-state index is -0.268. The molecule has 1 heterocycles. The van der Waals surface area contributed by atoms with Gasteiger partial charge < -0.3 is 14.9 Å². The number of hydrogen-bond donors (Lipinski definition) is 2. The van der Waals surface area contributed by atoms with E-state index >= 15 is 0 Å². The Morgan fingerprint density at radius 3 is 2.78 bits per heavy atom. The van der Waals surface area contributed by atoms with Crippen molar-refractivity contribution in [2.24, 2.45) is 0 Å². The van der Waals surface area contributed by atoms with E-state index in [4.69, 9.17) is 14.9 Å². The van der Waals surface area contributed by atoms with Crippen molar-refractivity contribution in [1.29, 1.82) is 0 Å². The standard InChI is InChI=1S/C6H12O3/c7-4-6-3-5(8)1-2-9-6/h5-8H,1-4H2/t5-,6-/m1/s1. The zero-order valence-electron chi connectivity index (χ0n) is 5.29. The lowest BCUT2D eigenvalue weighted by Crippen LogP contribution is -2.31. The molecule has 1 saturated heterocycles. The van der Waals surface area contributed by atoms with Gasteiger partial charge in [0.25, 0.3) is 0 Å². The van der Waals surface area contributed by atoms with Crippen molar-refractivity contribution in [1.82, 2.24) is 0 Å². The van der Waals surface area contributed by atoms with Crippen LogP contribution < -0.4 is 0 Å². The van der Waals surface area contributed by atoms with Crippen LogP contribution in [0.2, 0.25) is 0 Å². The molecule has 0 aliphatic carbocycles. The Hall–Kier alpha value is -0.120. The van der Waals surface area contributed by atoms with E-state index in [2.05, 4.69) is 0 Å². The van der Waals surface area contributed by atoms with Crippen LogP contribution in [0, 0.1) is 0 Å². The van der Waals surface area contributed by atoms with Crippen LogP contribution >= 0.6 is 0 Å². The Bertz CT molecular complexity index is 84.4. The second-order valence-electron chi connectivity index (χ2n) is 2.35. The molecule has 1 rings (SSSR count). The van der Waals surface area contributed by atoms with E-state index in [-0.39, 0.29) is 18.8 Å². The summed E-state index contributed by atoms with van der Waals surface area (Å²) in [5, 5.41) is 17.6. The summed E-state index contributed by atoms with van der Waals surface area (Å²) in [5.74, 6) is 0. The van der Waals surface area contributed by atoms with E-state index < -0.39 is 0 Å². The molecule has 0 radical (unpaired) electrons. The van der Waals surface area contributed by atoms with Crippen LogP contribution in [0.15, 0.2) is 0 Å². The van der Waals surface area contributed by atoms with Crippen molar-refractivity contribution in [3.63, 3.8) is 0 Å². The third kappa shape index (κ3) is 1.93. The van der Waals surface area contributed by atoms with Crippen LogP contribution in [0.3, 0.4) is 0 Å². The van der Waals surface area contributed by atoms with Gasteiger partial charge in [-0.3, -0.25) is 0 Å². The molecule has 0 amide bonds. The third-order valence-corrected chi connectivity index (χ3v) is 1.54. The first kappa shape index (κ1) is 6.99. The highest BCUT2D eigenvalue weighted by Gasteiger charge is 2.19. The summed E-state index contributed by atoms with van der Waals surface area (Å²) in [5.41, 5.74) is 0. The van der Waals surface area contributed by atoms with Crippen LogP contribution in [0.1, 0.15) is 12.8 Å². The fourth-order valence-electron chi connectivity index (χ4n) is 0.987. The highest BCUT2D eigenvalue weighted by Crippen LogP contribution is 2.12. The lowest BCUT2D eigenvalue weighted by Gasteiger charge is -2.24. The van der Waals surface area contributed by atoms with E-state index in [1.165, 1.54) is 0 Å². The minimum absolute atomic E-state index is 0.0249. The molecule has 2 atom stereocenters. The maximum atomic E-state index is 9.02. The van der Waals surface area contributed by atoms with Gasteiger partial charge in [0, 0.05) is 13.0 Å². The number of hydrogen-bond acceptors (Lipinski definition) is 3. The molecule has 54 valence electrons. The van der Waals surface area contributed by atoms with Crippen LogP contribution in [0.4, 0.5) is 0 Å². The van der Waals surface area contributed by atoms with Crippen molar-refractivity contribution in [3.8, 4) is 0 Å². The van der Waals surface area contributed by atoms with Gasteiger partial charge in [0.15, 0.2) is 0 Å². The third-order valence-electron chi connectivity index (χ3n) is 1.54. The Morgan fingerprint density at radius 2 is 2.33 bits per heavy atom. The van der Waals surface area contributed by atoms with Gasteiger partial charge in [0.1, 0.15) is 0 Å². The van der Waals surface area contributed by atoms with E-state index in [1.54, 1.807) is 0 Å². The monoisotopic (exact) mass is 132 g/mol. The van der Waals surface area contributed by atoms with E-state index in [0.29, 0.717) is 19.4 Å². The largest absolute Gasteiger partial charge is 0.394 e. The maximum Gasteiger partial charge on any atom is 0.0830 e. The fraction of sp³-hybridized carbons (Fsp3) is 1.00. The quantitative estimate of drug-likeness (QED) is 0.506. The number of aliphatic hydroxyl groups is 2. The molecule has 3 heteroatoms. The highest BCUT2D eigenvalue weighted by atomic mass is 16.5. The molecule has 3 nitrogen and oxygen atoms in total. The smallest absolute Gasteiger partial charge is 0.0830 e. The van der Waals surface area contributed by atoms with E-state index in [9.17, 15) is 0 Å².